The SMILES string of the molecule is CC(C)CNC(=O)c1ccc([C@H](C)N)cc1.Cl. The zero-order valence-corrected chi connectivity index (χ0v) is 11.4. The van der Waals surface area contributed by atoms with Crippen LogP contribution in [0.15, 0.2) is 24.3 Å². The van der Waals surface area contributed by atoms with E-state index in [0.29, 0.717) is 18.0 Å². The molecule has 0 heterocycles. The molecule has 0 aliphatic heterocycles. The summed E-state index contributed by atoms with van der Waals surface area (Å²) in [5.74, 6) is 0.442. The Morgan fingerprint density at radius 1 is 1.24 bits per heavy atom. The molecule has 1 aromatic carbocycles. The van der Waals surface area contributed by atoms with Crippen molar-refractivity contribution in [1.29, 1.82) is 0 Å². The van der Waals surface area contributed by atoms with E-state index in [1.807, 2.05) is 31.2 Å². The Morgan fingerprint density at radius 2 is 1.76 bits per heavy atom. The van der Waals surface area contributed by atoms with Crippen LogP contribution in [0.5, 0.6) is 0 Å². The maximum atomic E-state index is 11.7. The van der Waals surface area contributed by atoms with E-state index in [1.165, 1.54) is 0 Å². The summed E-state index contributed by atoms with van der Waals surface area (Å²) in [6.07, 6.45) is 0. The molecule has 1 amide bonds. The van der Waals surface area contributed by atoms with Crippen molar-refractivity contribution < 1.29 is 4.79 Å². The van der Waals surface area contributed by atoms with Gasteiger partial charge in [-0.3, -0.25) is 4.79 Å². The van der Waals surface area contributed by atoms with E-state index < -0.39 is 0 Å². The lowest BCUT2D eigenvalue weighted by atomic mass is 10.1. The Balaban J connectivity index is 0.00000256. The van der Waals surface area contributed by atoms with Gasteiger partial charge in [-0.15, -0.1) is 12.4 Å². The number of halogens is 1. The number of hydrogen-bond donors (Lipinski definition) is 2. The summed E-state index contributed by atoms with van der Waals surface area (Å²) in [6.45, 7) is 6.76. The molecule has 0 saturated carbocycles. The van der Waals surface area contributed by atoms with Crippen molar-refractivity contribution in [3.8, 4) is 0 Å². The number of amides is 1. The molecule has 0 saturated heterocycles. The number of nitrogens with two attached hydrogens (primary N) is 1. The van der Waals surface area contributed by atoms with Crippen LogP contribution in [0.1, 0.15) is 42.7 Å². The molecule has 0 aliphatic rings. The lowest BCUT2D eigenvalue weighted by Gasteiger charge is -2.09. The molecule has 1 rings (SSSR count). The van der Waals surface area contributed by atoms with E-state index in [0.717, 1.165) is 5.56 Å². The highest BCUT2D eigenvalue weighted by molar-refractivity contribution is 5.94. The Morgan fingerprint density at radius 3 is 2.18 bits per heavy atom. The molecule has 0 aromatic heterocycles. The summed E-state index contributed by atoms with van der Waals surface area (Å²) in [5.41, 5.74) is 7.47. The van der Waals surface area contributed by atoms with Crippen LogP contribution in [0.3, 0.4) is 0 Å². The van der Waals surface area contributed by atoms with E-state index in [2.05, 4.69) is 19.2 Å². The van der Waals surface area contributed by atoms with Crippen molar-refractivity contribution >= 4 is 18.3 Å². The van der Waals surface area contributed by atoms with E-state index in [9.17, 15) is 4.79 Å². The van der Waals surface area contributed by atoms with Gasteiger partial charge in [0.05, 0.1) is 0 Å². The van der Waals surface area contributed by atoms with Crippen molar-refractivity contribution in [2.45, 2.75) is 26.8 Å². The molecular weight excluding hydrogens is 236 g/mol. The van der Waals surface area contributed by atoms with Crippen molar-refractivity contribution in [3.05, 3.63) is 35.4 Å². The molecule has 0 fully saturated rings. The number of benzene rings is 1. The molecule has 17 heavy (non-hydrogen) atoms. The summed E-state index contributed by atoms with van der Waals surface area (Å²) in [6, 6.07) is 7.43. The van der Waals surface area contributed by atoms with Crippen molar-refractivity contribution in [1.82, 2.24) is 5.32 Å². The van der Waals surface area contributed by atoms with Gasteiger partial charge in [0.2, 0.25) is 0 Å². The molecule has 3 nitrogen and oxygen atoms in total. The number of rotatable bonds is 4. The van der Waals surface area contributed by atoms with Crippen LogP contribution in [-0.2, 0) is 0 Å². The first-order valence-electron chi connectivity index (χ1n) is 5.64. The highest BCUT2D eigenvalue weighted by Gasteiger charge is 2.06. The average molecular weight is 257 g/mol. The minimum atomic E-state index is -0.0232. The van der Waals surface area contributed by atoms with Gasteiger partial charge >= 0.3 is 0 Å². The monoisotopic (exact) mass is 256 g/mol. The third kappa shape index (κ3) is 5.20. The summed E-state index contributed by atoms with van der Waals surface area (Å²) < 4.78 is 0. The zero-order valence-electron chi connectivity index (χ0n) is 10.6. The maximum Gasteiger partial charge on any atom is 0.251 e. The molecule has 3 N–H and O–H groups in total. The molecule has 96 valence electrons. The van der Waals surface area contributed by atoms with Crippen molar-refractivity contribution in [3.63, 3.8) is 0 Å². The number of carbonyl (C=O) groups is 1. The molecule has 0 unspecified atom stereocenters. The molecule has 1 aromatic rings. The van der Waals surface area contributed by atoms with Crippen LogP contribution in [0.25, 0.3) is 0 Å². The van der Waals surface area contributed by atoms with E-state index in [1.54, 1.807) is 0 Å². The van der Waals surface area contributed by atoms with Crippen LogP contribution in [0.4, 0.5) is 0 Å². The second-order valence-electron chi connectivity index (χ2n) is 4.51. The smallest absolute Gasteiger partial charge is 0.251 e. The Hall–Kier alpha value is -1.06. The molecule has 0 spiro atoms. The summed E-state index contributed by atoms with van der Waals surface area (Å²) in [7, 11) is 0. The average Bonchev–Trinajstić information content (AvgIpc) is 2.26. The number of carbonyl (C=O) groups excluding carboxylic acids is 1. The molecule has 1 atom stereocenters. The van der Waals surface area contributed by atoms with Gasteiger partial charge in [0, 0.05) is 18.2 Å². The Bertz CT molecular complexity index is 347. The van der Waals surface area contributed by atoms with E-state index in [-0.39, 0.29) is 24.4 Å². The normalized spacial score (nSPS) is 11.8. The highest BCUT2D eigenvalue weighted by Crippen LogP contribution is 2.10. The zero-order chi connectivity index (χ0) is 12.1. The van der Waals surface area contributed by atoms with Crippen LogP contribution in [0, 0.1) is 5.92 Å². The summed E-state index contributed by atoms with van der Waals surface area (Å²) in [4.78, 5) is 11.7. The predicted molar refractivity (Wildman–Crippen MR) is 73.5 cm³/mol. The lowest BCUT2D eigenvalue weighted by Crippen LogP contribution is -2.27. The van der Waals surface area contributed by atoms with Crippen LogP contribution < -0.4 is 11.1 Å². The number of hydrogen-bond acceptors (Lipinski definition) is 2. The first-order chi connectivity index (χ1) is 7.50. The van der Waals surface area contributed by atoms with Crippen LogP contribution in [0.2, 0.25) is 0 Å². The molecule has 0 aliphatic carbocycles. The van der Waals surface area contributed by atoms with Crippen molar-refractivity contribution in [2.24, 2.45) is 11.7 Å². The van der Waals surface area contributed by atoms with Gasteiger partial charge in [0.15, 0.2) is 0 Å². The fourth-order valence-electron chi connectivity index (χ4n) is 1.34. The second kappa shape index (κ2) is 7.30. The fraction of sp³-hybridized carbons (Fsp3) is 0.462. The van der Waals surface area contributed by atoms with Gasteiger partial charge in [-0.05, 0) is 30.5 Å². The minimum Gasteiger partial charge on any atom is -0.352 e. The molecule has 0 bridgehead atoms. The van der Waals surface area contributed by atoms with Gasteiger partial charge in [0.1, 0.15) is 0 Å². The Labute approximate surface area is 109 Å². The molecule has 0 radical (unpaired) electrons. The second-order valence-corrected chi connectivity index (χ2v) is 4.51. The van der Waals surface area contributed by atoms with Crippen LogP contribution >= 0.6 is 12.4 Å². The highest BCUT2D eigenvalue weighted by atomic mass is 35.5. The van der Waals surface area contributed by atoms with Gasteiger partial charge in [-0.25, -0.2) is 0 Å². The standard InChI is InChI=1S/C13H20N2O.ClH/c1-9(2)8-15-13(16)12-6-4-11(5-7-12)10(3)14;/h4-7,9-10H,8,14H2,1-3H3,(H,15,16);1H/t10-;/m0./s1. The maximum absolute atomic E-state index is 11.7. The molecule has 4 heteroatoms. The predicted octanol–water partition coefficient (Wildman–Crippen LogP) is 2.51. The van der Waals surface area contributed by atoms with E-state index >= 15 is 0 Å². The third-order valence-corrected chi connectivity index (χ3v) is 2.37. The van der Waals surface area contributed by atoms with Crippen LogP contribution in [-0.4, -0.2) is 12.5 Å². The molecular formula is C13H21ClN2O. The largest absolute Gasteiger partial charge is 0.352 e. The van der Waals surface area contributed by atoms with Gasteiger partial charge in [0.25, 0.3) is 5.91 Å². The quantitative estimate of drug-likeness (QED) is 0.870. The van der Waals surface area contributed by atoms with Gasteiger partial charge < -0.3 is 11.1 Å². The van der Waals surface area contributed by atoms with E-state index in [4.69, 9.17) is 5.73 Å². The summed E-state index contributed by atoms with van der Waals surface area (Å²) >= 11 is 0. The topological polar surface area (TPSA) is 55.1 Å². The van der Waals surface area contributed by atoms with Gasteiger partial charge in [-0.1, -0.05) is 26.0 Å². The lowest BCUT2D eigenvalue weighted by molar-refractivity contribution is 0.0949. The third-order valence-electron chi connectivity index (χ3n) is 2.37. The summed E-state index contributed by atoms with van der Waals surface area (Å²) in [5, 5.41) is 2.88. The Kier molecular flexibility index (Phi) is 6.85. The van der Waals surface area contributed by atoms with Crippen molar-refractivity contribution in [2.75, 3.05) is 6.54 Å². The first kappa shape index (κ1) is 15.9. The number of nitrogens with one attached hydrogen (secondary N) is 1. The minimum absolute atomic E-state index is 0. The first-order valence-corrected chi connectivity index (χ1v) is 5.64. The fourth-order valence-corrected chi connectivity index (χ4v) is 1.34. The van der Waals surface area contributed by atoms with Gasteiger partial charge in [-0.2, -0.15) is 0 Å².